The zero-order chi connectivity index (χ0) is 9.84. The van der Waals surface area contributed by atoms with Crippen LogP contribution in [0.4, 0.5) is 0 Å². The third kappa shape index (κ3) is 2.76. The van der Waals surface area contributed by atoms with Crippen molar-refractivity contribution in [2.24, 2.45) is 5.92 Å². The first-order valence-electron chi connectivity index (χ1n) is 4.48. The monoisotopic (exact) mass is 263 g/mol. The second-order valence-corrected chi connectivity index (χ2v) is 4.73. The molecule has 1 aromatic heterocycles. The molecule has 0 fully saturated rings. The number of hydrogen-bond donors (Lipinski definition) is 1. The average Bonchev–Trinajstić information content (AvgIpc) is 2.54. The van der Waals surface area contributed by atoms with Gasteiger partial charge in [0, 0.05) is 5.38 Å². The van der Waals surface area contributed by atoms with Crippen LogP contribution in [0.2, 0.25) is 0 Å². The van der Waals surface area contributed by atoms with Crippen LogP contribution in [0, 0.1) is 5.92 Å². The molecule has 1 aromatic rings. The fraction of sp³-hybridized carbons (Fsp3) is 0.667. The van der Waals surface area contributed by atoms with Crippen LogP contribution in [0.1, 0.15) is 37.8 Å². The van der Waals surface area contributed by atoms with E-state index in [1.54, 1.807) is 0 Å². The van der Waals surface area contributed by atoms with Gasteiger partial charge in [0.15, 0.2) is 0 Å². The van der Waals surface area contributed by atoms with Crippen molar-refractivity contribution in [1.82, 2.24) is 4.98 Å². The Morgan fingerprint density at radius 3 is 2.54 bits per heavy atom. The van der Waals surface area contributed by atoms with E-state index in [1.165, 1.54) is 11.3 Å². The van der Waals surface area contributed by atoms with E-state index in [9.17, 15) is 5.11 Å². The van der Waals surface area contributed by atoms with Gasteiger partial charge < -0.3 is 5.11 Å². The molecule has 1 unspecified atom stereocenters. The Balaban J connectivity index is 2.71. The average molecular weight is 264 g/mol. The molecule has 0 aliphatic heterocycles. The van der Waals surface area contributed by atoms with Crippen molar-refractivity contribution in [1.29, 1.82) is 0 Å². The highest BCUT2D eigenvalue weighted by molar-refractivity contribution is 9.10. The van der Waals surface area contributed by atoms with E-state index in [0.29, 0.717) is 5.92 Å². The minimum Gasteiger partial charge on any atom is -0.386 e. The highest BCUT2D eigenvalue weighted by Crippen LogP contribution is 2.30. The second-order valence-electron chi connectivity index (χ2n) is 3.03. The predicted octanol–water partition coefficient (Wildman–Crippen LogP) is 3.38. The molecular formula is C9H14BrNOS. The molecule has 0 aliphatic rings. The number of aromatic nitrogens is 1. The van der Waals surface area contributed by atoms with Gasteiger partial charge in [-0.15, -0.1) is 11.3 Å². The molecule has 0 aliphatic carbocycles. The number of aliphatic hydroxyl groups excluding tert-OH is 1. The summed E-state index contributed by atoms with van der Waals surface area (Å²) in [5, 5.41) is 12.6. The molecule has 1 heterocycles. The Hall–Kier alpha value is 0.0700. The first kappa shape index (κ1) is 11.1. The number of rotatable bonds is 4. The van der Waals surface area contributed by atoms with Crippen molar-refractivity contribution in [3.8, 4) is 0 Å². The number of hydrogen-bond acceptors (Lipinski definition) is 3. The standard InChI is InChI=1S/C9H14BrNOS/c1-3-6(4-2)8(12)9-11-7(10)5-13-9/h5-6,8,12H,3-4H2,1-2H3. The normalized spacial score (nSPS) is 13.6. The topological polar surface area (TPSA) is 33.1 Å². The van der Waals surface area contributed by atoms with Crippen LogP contribution in [-0.2, 0) is 0 Å². The lowest BCUT2D eigenvalue weighted by atomic mass is 9.97. The quantitative estimate of drug-likeness (QED) is 0.904. The molecule has 74 valence electrons. The zero-order valence-electron chi connectivity index (χ0n) is 7.83. The lowest BCUT2D eigenvalue weighted by Gasteiger charge is -2.17. The molecule has 2 nitrogen and oxygen atoms in total. The van der Waals surface area contributed by atoms with Gasteiger partial charge in [-0.05, 0) is 21.8 Å². The first-order chi connectivity index (χ1) is 6.19. The fourth-order valence-electron chi connectivity index (χ4n) is 1.34. The van der Waals surface area contributed by atoms with Gasteiger partial charge in [0.25, 0.3) is 0 Å². The number of thiazole rings is 1. The largest absolute Gasteiger partial charge is 0.386 e. The van der Waals surface area contributed by atoms with E-state index in [4.69, 9.17) is 0 Å². The van der Waals surface area contributed by atoms with Gasteiger partial charge in [0.05, 0.1) is 0 Å². The molecule has 0 spiro atoms. The summed E-state index contributed by atoms with van der Waals surface area (Å²) in [6.07, 6.45) is 1.59. The molecule has 1 rings (SSSR count). The van der Waals surface area contributed by atoms with E-state index in [-0.39, 0.29) is 0 Å². The maximum atomic E-state index is 9.92. The van der Waals surface area contributed by atoms with Crippen molar-refractivity contribution in [3.63, 3.8) is 0 Å². The van der Waals surface area contributed by atoms with E-state index in [2.05, 4.69) is 34.8 Å². The first-order valence-corrected chi connectivity index (χ1v) is 6.15. The van der Waals surface area contributed by atoms with Crippen molar-refractivity contribution >= 4 is 27.3 Å². The van der Waals surface area contributed by atoms with Gasteiger partial charge in [0.2, 0.25) is 0 Å². The zero-order valence-corrected chi connectivity index (χ0v) is 10.2. The molecule has 0 radical (unpaired) electrons. The van der Waals surface area contributed by atoms with Crippen LogP contribution in [0.15, 0.2) is 9.98 Å². The van der Waals surface area contributed by atoms with Gasteiger partial charge in [-0.3, -0.25) is 0 Å². The smallest absolute Gasteiger partial charge is 0.123 e. The highest BCUT2D eigenvalue weighted by Gasteiger charge is 2.20. The van der Waals surface area contributed by atoms with Crippen LogP contribution < -0.4 is 0 Å². The lowest BCUT2D eigenvalue weighted by molar-refractivity contribution is 0.103. The summed E-state index contributed by atoms with van der Waals surface area (Å²) >= 11 is 4.79. The van der Waals surface area contributed by atoms with E-state index in [1.807, 2.05) is 5.38 Å². The molecule has 1 N–H and O–H groups in total. The summed E-state index contributed by atoms with van der Waals surface area (Å²) in [4.78, 5) is 4.21. The summed E-state index contributed by atoms with van der Waals surface area (Å²) in [6.45, 7) is 4.19. The maximum Gasteiger partial charge on any atom is 0.123 e. The summed E-state index contributed by atoms with van der Waals surface area (Å²) < 4.78 is 0.817. The Kier molecular flexibility index (Phi) is 4.35. The number of nitrogens with zero attached hydrogens (tertiary/aromatic N) is 1. The molecule has 0 bridgehead atoms. The Bertz CT molecular complexity index is 260. The van der Waals surface area contributed by atoms with Crippen molar-refractivity contribution in [2.75, 3.05) is 0 Å². The van der Waals surface area contributed by atoms with Crippen molar-refractivity contribution in [3.05, 3.63) is 15.0 Å². The van der Waals surface area contributed by atoms with E-state index in [0.717, 1.165) is 22.5 Å². The summed E-state index contributed by atoms with van der Waals surface area (Å²) in [6, 6.07) is 0. The molecule has 0 saturated carbocycles. The molecule has 0 aromatic carbocycles. The molecule has 0 amide bonds. The third-order valence-electron chi connectivity index (χ3n) is 2.24. The second kappa shape index (κ2) is 5.08. The highest BCUT2D eigenvalue weighted by atomic mass is 79.9. The van der Waals surface area contributed by atoms with Crippen molar-refractivity contribution in [2.45, 2.75) is 32.8 Å². The SMILES string of the molecule is CCC(CC)C(O)c1nc(Br)cs1. The van der Waals surface area contributed by atoms with Crippen LogP contribution >= 0.6 is 27.3 Å². The van der Waals surface area contributed by atoms with Crippen LogP contribution in [0.3, 0.4) is 0 Å². The fourth-order valence-corrected chi connectivity index (χ4v) is 2.68. The predicted molar refractivity (Wildman–Crippen MR) is 58.8 cm³/mol. The van der Waals surface area contributed by atoms with E-state index >= 15 is 0 Å². The molecule has 0 saturated heterocycles. The van der Waals surface area contributed by atoms with Gasteiger partial charge in [-0.1, -0.05) is 26.7 Å². The van der Waals surface area contributed by atoms with Gasteiger partial charge in [0.1, 0.15) is 15.7 Å². The van der Waals surface area contributed by atoms with Gasteiger partial charge in [-0.25, -0.2) is 4.98 Å². The van der Waals surface area contributed by atoms with E-state index < -0.39 is 6.10 Å². The minimum atomic E-state index is -0.397. The van der Waals surface area contributed by atoms with Crippen LogP contribution in [-0.4, -0.2) is 10.1 Å². The molecular weight excluding hydrogens is 250 g/mol. The minimum absolute atomic E-state index is 0.332. The Morgan fingerprint density at radius 2 is 2.15 bits per heavy atom. The molecule has 4 heteroatoms. The lowest BCUT2D eigenvalue weighted by Crippen LogP contribution is -2.10. The summed E-state index contributed by atoms with van der Waals surface area (Å²) in [5.41, 5.74) is 0. The van der Waals surface area contributed by atoms with Crippen LogP contribution in [0.5, 0.6) is 0 Å². The van der Waals surface area contributed by atoms with Crippen molar-refractivity contribution < 1.29 is 5.11 Å². The Morgan fingerprint density at radius 1 is 1.54 bits per heavy atom. The van der Waals surface area contributed by atoms with Gasteiger partial charge in [-0.2, -0.15) is 0 Å². The van der Waals surface area contributed by atoms with Gasteiger partial charge >= 0.3 is 0 Å². The Labute approximate surface area is 91.1 Å². The number of halogens is 1. The maximum absolute atomic E-state index is 9.92. The molecule has 1 atom stereocenters. The summed E-state index contributed by atoms with van der Waals surface area (Å²) in [5.74, 6) is 0.332. The number of aliphatic hydroxyl groups is 1. The van der Waals surface area contributed by atoms with Crippen LogP contribution in [0.25, 0.3) is 0 Å². The molecule has 13 heavy (non-hydrogen) atoms. The third-order valence-corrected chi connectivity index (χ3v) is 3.87. The summed E-state index contributed by atoms with van der Waals surface area (Å²) in [7, 11) is 0.